The zero-order valence-electron chi connectivity index (χ0n) is 9.85. The van der Waals surface area contributed by atoms with E-state index in [2.05, 4.69) is 14.5 Å². The van der Waals surface area contributed by atoms with E-state index in [9.17, 15) is 9.36 Å². The van der Waals surface area contributed by atoms with Crippen LogP contribution < -0.4 is 16.2 Å². The number of aromatic nitrogens is 2. The summed E-state index contributed by atoms with van der Waals surface area (Å²) in [6, 6.07) is 1.45. The molecular formula is C9H13N4O4P2+. The lowest BCUT2D eigenvalue weighted by molar-refractivity contribution is -0.119. The monoisotopic (exact) mass is 303 g/mol. The Morgan fingerprint density at radius 3 is 2.84 bits per heavy atom. The standard InChI is InChI=1S/C9H13N4O4P2/c10-7-5-8(13-9(11)12-7)16-3-1-2-4-19(15)18-17-6-14/h1-2,5-6,18H,3-4H2,(H4,10,11,12,13)/q+1/b2-1+. The van der Waals surface area contributed by atoms with Crippen LogP contribution in [-0.2, 0) is 13.9 Å². The van der Waals surface area contributed by atoms with Gasteiger partial charge in [0.15, 0.2) is 6.16 Å². The van der Waals surface area contributed by atoms with E-state index < -0.39 is 7.49 Å². The summed E-state index contributed by atoms with van der Waals surface area (Å²) in [5, 5.41) is 0. The van der Waals surface area contributed by atoms with Gasteiger partial charge in [-0.05, 0) is 12.2 Å². The lowest BCUT2D eigenvalue weighted by atomic mass is 10.5. The summed E-state index contributed by atoms with van der Waals surface area (Å²) in [6.07, 6.45) is 3.67. The number of carbonyl (C=O) groups excluding carboxylic acids is 1. The summed E-state index contributed by atoms with van der Waals surface area (Å²) in [6.45, 7) is 0.513. The molecule has 2 unspecified atom stereocenters. The van der Waals surface area contributed by atoms with Gasteiger partial charge in [0.1, 0.15) is 12.4 Å². The Morgan fingerprint density at radius 1 is 1.37 bits per heavy atom. The predicted octanol–water partition coefficient (Wildman–Crippen LogP) is 1.08. The third kappa shape index (κ3) is 6.64. The highest BCUT2D eigenvalue weighted by atomic mass is 32.0. The average molecular weight is 303 g/mol. The van der Waals surface area contributed by atoms with E-state index in [0.717, 1.165) is 0 Å². The second-order valence-electron chi connectivity index (χ2n) is 3.14. The molecule has 0 saturated carbocycles. The van der Waals surface area contributed by atoms with Crippen LogP contribution in [0.3, 0.4) is 0 Å². The Kier molecular flexibility index (Phi) is 6.71. The minimum absolute atomic E-state index is 0.0364. The largest absolute Gasteiger partial charge is 0.473 e. The highest BCUT2D eigenvalue weighted by Gasteiger charge is 2.13. The Bertz CT molecular complexity index is 463. The highest BCUT2D eigenvalue weighted by molar-refractivity contribution is 8.13. The van der Waals surface area contributed by atoms with Crippen molar-refractivity contribution in [3.05, 3.63) is 18.2 Å². The fourth-order valence-corrected chi connectivity index (χ4v) is 2.62. The third-order valence-electron chi connectivity index (χ3n) is 1.71. The number of anilines is 2. The highest BCUT2D eigenvalue weighted by Crippen LogP contribution is 2.44. The summed E-state index contributed by atoms with van der Waals surface area (Å²) < 4.78 is 20.9. The molecule has 1 aromatic rings. The quantitative estimate of drug-likeness (QED) is 0.414. The molecule has 0 bridgehead atoms. The van der Waals surface area contributed by atoms with Crippen molar-refractivity contribution in [3.63, 3.8) is 0 Å². The van der Waals surface area contributed by atoms with E-state index in [1.54, 1.807) is 12.2 Å². The maximum Gasteiger partial charge on any atom is 0.399 e. The van der Waals surface area contributed by atoms with Gasteiger partial charge in [0, 0.05) is 6.07 Å². The van der Waals surface area contributed by atoms with Crippen molar-refractivity contribution in [1.29, 1.82) is 0 Å². The first-order valence-electron chi connectivity index (χ1n) is 5.09. The number of allylic oxidation sites excluding steroid dienone is 1. The number of nitrogens with zero attached hydrogens (tertiary/aromatic N) is 2. The molecule has 0 aliphatic carbocycles. The van der Waals surface area contributed by atoms with Crippen LogP contribution in [0, 0.1) is 0 Å². The molecule has 10 heteroatoms. The van der Waals surface area contributed by atoms with Crippen LogP contribution in [0.25, 0.3) is 0 Å². The molecule has 8 nitrogen and oxygen atoms in total. The van der Waals surface area contributed by atoms with Gasteiger partial charge in [0.05, 0.1) is 0 Å². The molecule has 0 aromatic carbocycles. The SMILES string of the molecule is Nc1cc(OC/C=C/C[P+](=O)POC=O)nc(N)n1. The molecule has 1 aromatic heterocycles. The summed E-state index contributed by atoms with van der Waals surface area (Å²) in [5.74, 6) is 0.529. The van der Waals surface area contributed by atoms with Crippen molar-refractivity contribution in [2.75, 3.05) is 24.2 Å². The van der Waals surface area contributed by atoms with E-state index in [0.29, 0.717) is 6.16 Å². The van der Waals surface area contributed by atoms with Crippen LogP contribution in [0.5, 0.6) is 5.88 Å². The van der Waals surface area contributed by atoms with Gasteiger partial charge in [-0.2, -0.15) is 9.97 Å². The molecule has 2 atom stereocenters. The topological polar surface area (TPSA) is 130 Å². The number of rotatable bonds is 8. The Hall–Kier alpha value is -1.78. The zero-order valence-corrected chi connectivity index (χ0v) is 11.7. The van der Waals surface area contributed by atoms with Crippen LogP contribution in [-0.4, -0.2) is 29.2 Å². The maximum absolute atomic E-state index is 11.3. The van der Waals surface area contributed by atoms with Crippen molar-refractivity contribution in [2.45, 2.75) is 0 Å². The summed E-state index contributed by atoms with van der Waals surface area (Å²) in [5.41, 5.74) is 10.9. The van der Waals surface area contributed by atoms with Gasteiger partial charge in [-0.1, -0.05) is 4.57 Å². The van der Waals surface area contributed by atoms with Crippen molar-refractivity contribution in [3.8, 4) is 5.88 Å². The smallest absolute Gasteiger partial charge is 0.399 e. The Labute approximate surface area is 112 Å². The van der Waals surface area contributed by atoms with Crippen molar-refractivity contribution < 1.29 is 18.6 Å². The van der Waals surface area contributed by atoms with Crippen molar-refractivity contribution in [2.24, 2.45) is 0 Å². The molecule has 0 aliphatic heterocycles. The van der Waals surface area contributed by atoms with Gasteiger partial charge in [-0.25, -0.2) is 0 Å². The van der Waals surface area contributed by atoms with E-state index >= 15 is 0 Å². The molecule has 102 valence electrons. The first-order chi connectivity index (χ1) is 9.11. The molecule has 0 radical (unpaired) electrons. The molecule has 4 N–H and O–H groups in total. The first kappa shape index (κ1) is 15.3. The minimum atomic E-state index is -1.55. The molecule has 1 rings (SSSR count). The van der Waals surface area contributed by atoms with Gasteiger partial charge in [-0.3, -0.25) is 4.79 Å². The zero-order chi connectivity index (χ0) is 14.1. The van der Waals surface area contributed by atoms with Gasteiger partial charge in [-0.15, -0.1) is 0 Å². The molecule has 0 amide bonds. The lowest BCUT2D eigenvalue weighted by Crippen LogP contribution is -2.03. The second-order valence-corrected chi connectivity index (χ2v) is 6.72. The number of nitrogen functional groups attached to an aromatic ring is 2. The van der Waals surface area contributed by atoms with Crippen molar-refractivity contribution >= 4 is 34.2 Å². The molecule has 0 fully saturated rings. The molecule has 19 heavy (non-hydrogen) atoms. The summed E-state index contributed by atoms with van der Waals surface area (Å²) in [4.78, 5) is 17.4. The number of hydrogen-bond donors (Lipinski definition) is 2. The minimum Gasteiger partial charge on any atom is -0.473 e. The first-order valence-corrected chi connectivity index (χ1v) is 8.28. The lowest BCUT2D eigenvalue weighted by Gasteiger charge is -2.02. The van der Waals surface area contributed by atoms with Crippen LogP contribution in [0.2, 0.25) is 0 Å². The number of hydrogen-bond acceptors (Lipinski definition) is 8. The number of nitrogens with two attached hydrogens (primary N) is 2. The molecule has 0 saturated heterocycles. The van der Waals surface area contributed by atoms with Crippen LogP contribution in [0.1, 0.15) is 0 Å². The van der Waals surface area contributed by atoms with Gasteiger partial charge >= 0.3 is 16.0 Å². The van der Waals surface area contributed by atoms with Crippen LogP contribution >= 0.6 is 16.0 Å². The van der Waals surface area contributed by atoms with Gasteiger partial charge < -0.3 is 20.7 Å². The predicted molar refractivity (Wildman–Crippen MR) is 73.4 cm³/mol. The van der Waals surface area contributed by atoms with E-state index in [1.807, 2.05) is 0 Å². The third-order valence-corrected chi connectivity index (χ3v) is 4.13. The van der Waals surface area contributed by atoms with Crippen LogP contribution in [0.15, 0.2) is 18.2 Å². The number of ether oxygens (including phenoxy) is 1. The van der Waals surface area contributed by atoms with Gasteiger partial charge in [0.25, 0.3) is 6.47 Å². The fraction of sp³-hybridized carbons (Fsp3) is 0.222. The average Bonchev–Trinajstić information content (AvgIpc) is 2.34. The maximum atomic E-state index is 11.3. The summed E-state index contributed by atoms with van der Waals surface area (Å²) in [7, 11) is -1.87. The second kappa shape index (κ2) is 8.34. The Balaban J connectivity index is 2.29. The van der Waals surface area contributed by atoms with Crippen molar-refractivity contribution in [1.82, 2.24) is 9.97 Å². The normalized spacial score (nSPS) is 11.9. The Morgan fingerprint density at radius 2 is 2.16 bits per heavy atom. The molecule has 0 spiro atoms. The van der Waals surface area contributed by atoms with Crippen LogP contribution in [0.4, 0.5) is 11.8 Å². The van der Waals surface area contributed by atoms with E-state index in [-0.39, 0.29) is 39.2 Å². The molecular weight excluding hydrogens is 290 g/mol. The summed E-state index contributed by atoms with van der Waals surface area (Å²) >= 11 is 0. The van der Waals surface area contributed by atoms with E-state index in [1.165, 1.54) is 6.07 Å². The van der Waals surface area contributed by atoms with Gasteiger partial charge in [0.2, 0.25) is 11.8 Å². The molecule has 0 aliphatic rings. The fourth-order valence-electron chi connectivity index (χ4n) is 1.02. The van der Waals surface area contributed by atoms with E-state index in [4.69, 9.17) is 16.2 Å². The molecule has 1 heterocycles. The number of carbonyl (C=O) groups is 1.